The van der Waals surface area contributed by atoms with Gasteiger partial charge in [-0.15, -0.1) is 24.0 Å². The van der Waals surface area contributed by atoms with Crippen LogP contribution >= 0.6 is 24.0 Å². The molecule has 1 amide bonds. The highest BCUT2D eigenvalue weighted by Crippen LogP contribution is 2.16. The van der Waals surface area contributed by atoms with Gasteiger partial charge in [-0.3, -0.25) is 9.79 Å². The Morgan fingerprint density at radius 3 is 2.50 bits per heavy atom. The first-order valence-electron chi connectivity index (χ1n) is 8.89. The van der Waals surface area contributed by atoms with E-state index in [1.54, 1.807) is 7.05 Å². The van der Waals surface area contributed by atoms with E-state index in [0.717, 1.165) is 44.5 Å². The third-order valence-corrected chi connectivity index (χ3v) is 4.35. The van der Waals surface area contributed by atoms with E-state index in [2.05, 4.69) is 32.3 Å². The summed E-state index contributed by atoms with van der Waals surface area (Å²) in [7, 11) is 1.66. The fourth-order valence-electron chi connectivity index (χ4n) is 2.80. The second-order valence-electron chi connectivity index (χ2n) is 6.80. The third-order valence-electron chi connectivity index (χ3n) is 4.35. The molecule has 1 aliphatic rings. The topological polar surface area (TPSA) is 72.9 Å². The Hall–Kier alpha value is -1.58. The van der Waals surface area contributed by atoms with Gasteiger partial charge in [0.1, 0.15) is 5.82 Å². The number of pyridine rings is 1. The molecule has 0 aromatic carbocycles. The summed E-state index contributed by atoms with van der Waals surface area (Å²) < 4.78 is 0. The first-order valence-corrected chi connectivity index (χ1v) is 8.89. The molecule has 26 heavy (non-hydrogen) atoms. The van der Waals surface area contributed by atoms with Gasteiger partial charge in [-0.05, 0) is 32.9 Å². The van der Waals surface area contributed by atoms with Crippen LogP contribution in [0.25, 0.3) is 0 Å². The number of carbonyl (C=O) groups excluding carboxylic acids is 1. The Labute approximate surface area is 173 Å². The minimum absolute atomic E-state index is 0. The van der Waals surface area contributed by atoms with Crippen LogP contribution in [-0.2, 0) is 4.79 Å². The number of aromatic nitrogens is 1. The van der Waals surface area contributed by atoms with E-state index >= 15 is 0 Å². The summed E-state index contributed by atoms with van der Waals surface area (Å²) in [5.41, 5.74) is -0.523. The average molecular weight is 474 g/mol. The Morgan fingerprint density at radius 1 is 1.27 bits per heavy atom. The van der Waals surface area contributed by atoms with Crippen LogP contribution in [-0.4, -0.2) is 68.1 Å². The summed E-state index contributed by atoms with van der Waals surface area (Å²) in [6.07, 6.45) is 1.83. The zero-order valence-electron chi connectivity index (χ0n) is 16.2. The molecule has 1 aromatic heterocycles. The minimum atomic E-state index is -0.523. The van der Waals surface area contributed by atoms with Crippen molar-refractivity contribution < 1.29 is 4.79 Å². The van der Waals surface area contributed by atoms with Crippen molar-refractivity contribution in [2.75, 3.05) is 51.2 Å². The van der Waals surface area contributed by atoms with Gasteiger partial charge >= 0.3 is 0 Å². The van der Waals surface area contributed by atoms with Gasteiger partial charge in [-0.2, -0.15) is 0 Å². The second-order valence-corrected chi connectivity index (χ2v) is 6.80. The maximum Gasteiger partial charge on any atom is 0.227 e. The number of hydrogen-bond acceptors (Lipinski definition) is 4. The lowest BCUT2D eigenvalue weighted by Gasteiger charge is -2.37. The third kappa shape index (κ3) is 6.00. The minimum Gasteiger partial charge on any atom is -0.359 e. The van der Waals surface area contributed by atoms with E-state index in [1.807, 2.05) is 38.2 Å². The zero-order chi connectivity index (χ0) is 18.3. The van der Waals surface area contributed by atoms with Crippen LogP contribution < -0.4 is 15.5 Å². The van der Waals surface area contributed by atoms with E-state index in [4.69, 9.17) is 4.99 Å². The highest BCUT2D eigenvalue weighted by atomic mass is 127. The van der Waals surface area contributed by atoms with Crippen LogP contribution in [0.15, 0.2) is 29.4 Å². The van der Waals surface area contributed by atoms with Gasteiger partial charge in [0.15, 0.2) is 5.96 Å². The van der Waals surface area contributed by atoms with Gasteiger partial charge in [0, 0.05) is 46.0 Å². The maximum absolute atomic E-state index is 12.0. The number of aliphatic imine (C=N–C) groups is 1. The van der Waals surface area contributed by atoms with E-state index < -0.39 is 5.41 Å². The molecule has 0 saturated carbocycles. The summed E-state index contributed by atoms with van der Waals surface area (Å²) in [6, 6.07) is 5.99. The van der Waals surface area contributed by atoms with Gasteiger partial charge in [0.25, 0.3) is 0 Å². The van der Waals surface area contributed by atoms with Crippen LogP contribution in [0, 0.1) is 5.41 Å². The van der Waals surface area contributed by atoms with Crippen molar-refractivity contribution in [3.05, 3.63) is 24.4 Å². The van der Waals surface area contributed by atoms with Crippen LogP contribution in [0.4, 0.5) is 5.82 Å². The Kier molecular flexibility index (Phi) is 9.11. The quantitative estimate of drug-likeness (QED) is 0.385. The molecule has 1 saturated heterocycles. The maximum atomic E-state index is 12.0. The first kappa shape index (κ1) is 22.5. The second kappa shape index (κ2) is 10.5. The Morgan fingerprint density at radius 2 is 1.96 bits per heavy atom. The number of guanidine groups is 1. The Bertz CT molecular complexity index is 585. The molecule has 0 aliphatic carbocycles. The molecule has 0 unspecified atom stereocenters. The molecule has 0 atom stereocenters. The van der Waals surface area contributed by atoms with Crippen molar-refractivity contribution in [3.63, 3.8) is 0 Å². The number of rotatable bonds is 5. The Balaban J connectivity index is 0.00000338. The average Bonchev–Trinajstić information content (AvgIpc) is 2.65. The number of nitrogens with one attached hydrogen (secondary N) is 2. The zero-order valence-corrected chi connectivity index (χ0v) is 18.5. The van der Waals surface area contributed by atoms with Crippen molar-refractivity contribution in [1.82, 2.24) is 20.5 Å². The number of piperazine rings is 1. The number of nitrogens with zero attached hydrogens (tertiary/aromatic N) is 4. The molecule has 2 heterocycles. The van der Waals surface area contributed by atoms with Gasteiger partial charge in [0.05, 0.1) is 12.0 Å². The number of amides is 1. The number of halogens is 1. The lowest BCUT2D eigenvalue weighted by atomic mass is 9.93. The van der Waals surface area contributed by atoms with Crippen LogP contribution in [0.2, 0.25) is 0 Å². The molecule has 2 rings (SSSR count). The molecule has 2 N–H and O–H groups in total. The fraction of sp³-hybridized carbons (Fsp3) is 0.611. The SMILES string of the molecule is CCNC(=NCC(C)(C)C(=O)NC)N1CCN(c2ccccn2)CC1.I. The van der Waals surface area contributed by atoms with Crippen molar-refractivity contribution >= 4 is 41.7 Å². The van der Waals surface area contributed by atoms with Gasteiger partial charge < -0.3 is 20.4 Å². The normalized spacial score (nSPS) is 15.3. The molecule has 8 heteroatoms. The molecule has 0 spiro atoms. The summed E-state index contributed by atoms with van der Waals surface area (Å²) >= 11 is 0. The molecular weight excluding hydrogens is 443 g/mol. The number of hydrogen-bond donors (Lipinski definition) is 2. The predicted octanol–water partition coefficient (Wildman–Crippen LogP) is 1.56. The van der Waals surface area contributed by atoms with E-state index in [-0.39, 0.29) is 29.9 Å². The molecular formula is C18H31IN6O. The highest BCUT2D eigenvalue weighted by molar-refractivity contribution is 14.0. The molecule has 1 fully saturated rings. The van der Waals surface area contributed by atoms with E-state index in [0.29, 0.717) is 6.54 Å². The summed E-state index contributed by atoms with van der Waals surface area (Å²) in [5, 5.41) is 6.06. The predicted molar refractivity (Wildman–Crippen MR) is 117 cm³/mol. The number of anilines is 1. The van der Waals surface area contributed by atoms with E-state index in [9.17, 15) is 4.79 Å². The van der Waals surface area contributed by atoms with Gasteiger partial charge in [0.2, 0.25) is 5.91 Å². The van der Waals surface area contributed by atoms with Crippen molar-refractivity contribution in [2.24, 2.45) is 10.4 Å². The largest absolute Gasteiger partial charge is 0.359 e. The molecule has 1 aliphatic heterocycles. The van der Waals surface area contributed by atoms with Gasteiger partial charge in [-0.1, -0.05) is 6.07 Å². The standard InChI is InChI=1S/C18H30N6O.HI/c1-5-20-17(22-14-18(2,3)16(25)19-4)24-12-10-23(11-13-24)15-8-6-7-9-21-15;/h6-9H,5,10-14H2,1-4H3,(H,19,25)(H,20,22);1H. The molecule has 7 nitrogen and oxygen atoms in total. The summed E-state index contributed by atoms with van der Waals surface area (Å²) in [6.45, 7) is 10.7. The monoisotopic (exact) mass is 474 g/mol. The molecule has 1 aromatic rings. The van der Waals surface area contributed by atoms with Crippen molar-refractivity contribution in [1.29, 1.82) is 0 Å². The van der Waals surface area contributed by atoms with E-state index in [1.165, 1.54) is 0 Å². The van der Waals surface area contributed by atoms with Crippen LogP contribution in [0.1, 0.15) is 20.8 Å². The molecule has 146 valence electrons. The van der Waals surface area contributed by atoms with Crippen LogP contribution in [0.3, 0.4) is 0 Å². The molecule has 0 radical (unpaired) electrons. The fourth-order valence-corrected chi connectivity index (χ4v) is 2.80. The highest BCUT2D eigenvalue weighted by Gasteiger charge is 2.27. The van der Waals surface area contributed by atoms with Crippen LogP contribution in [0.5, 0.6) is 0 Å². The van der Waals surface area contributed by atoms with Crippen molar-refractivity contribution in [3.8, 4) is 0 Å². The lowest BCUT2D eigenvalue weighted by molar-refractivity contribution is -0.128. The number of carbonyl (C=O) groups is 1. The summed E-state index contributed by atoms with van der Waals surface area (Å²) in [4.78, 5) is 25.6. The first-order chi connectivity index (χ1) is 12.0. The van der Waals surface area contributed by atoms with Crippen molar-refractivity contribution in [2.45, 2.75) is 20.8 Å². The molecule has 0 bridgehead atoms. The smallest absolute Gasteiger partial charge is 0.227 e. The summed E-state index contributed by atoms with van der Waals surface area (Å²) in [5.74, 6) is 1.90. The lowest BCUT2D eigenvalue weighted by Crippen LogP contribution is -2.53. The van der Waals surface area contributed by atoms with Gasteiger partial charge in [-0.25, -0.2) is 4.98 Å².